The molecule has 0 saturated carbocycles. The van der Waals surface area contributed by atoms with Crippen molar-refractivity contribution in [1.29, 1.82) is 0 Å². The van der Waals surface area contributed by atoms with Gasteiger partial charge in [-0.1, -0.05) is 11.8 Å². The SMILES string of the molecule is Cc1cc(C)nc(SCc2cnc(Cl)n2C)n1. The van der Waals surface area contributed by atoms with Crippen molar-refractivity contribution >= 4 is 23.4 Å². The first kappa shape index (κ1) is 12.4. The van der Waals surface area contributed by atoms with Crippen LogP contribution in [0.15, 0.2) is 17.4 Å². The Morgan fingerprint density at radius 2 is 1.94 bits per heavy atom. The van der Waals surface area contributed by atoms with Crippen LogP contribution in [0.5, 0.6) is 0 Å². The lowest BCUT2D eigenvalue weighted by molar-refractivity contribution is 0.862. The molecule has 2 aromatic heterocycles. The summed E-state index contributed by atoms with van der Waals surface area (Å²) in [5, 5.41) is 1.29. The van der Waals surface area contributed by atoms with Crippen LogP contribution in [-0.2, 0) is 12.8 Å². The molecule has 2 rings (SSSR count). The van der Waals surface area contributed by atoms with Crippen molar-refractivity contribution in [3.8, 4) is 0 Å². The molecule has 6 heteroatoms. The molecule has 0 aliphatic carbocycles. The average Bonchev–Trinajstić information content (AvgIpc) is 2.56. The summed E-state index contributed by atoms with van der Waals surface area (Å²) in [6.45, 7) is 3.94. The van der Waals surface area contributed by atoms with E-state index >= 15 is 0 Å². The molecule has 17 heavy (non-hydrogen) atoms. The second-order valence-electron chi connectivity index (χ2n) is 3.80. The molecule has 0 N–H and O–H groups in total. The van der Waals surface area contributed by atoms with Crippen LogP contribution in [0.25, 0.3) is 0 Å². The quantitative estimate of drug-likeness (QED) is 0.634. The number of imidazole rings is 1. The van der Waals surface area contributed by atoms with Crippen molar-refractivity contribution in [1.82, 2.24) is 19.5 Å². The highest BCUT2D eigenvalue weighted by Crippen LogP contribution is 2.21. The molecule has 0 bridgehead atoms. The first-order chi connectivity index (χ1) is 8.06. The Labute approximate surface area is 109 Å². The molecule has 0 unspecified atom stereocenters. The van der Waals surface area contributed by atoms with Gasteiger partial charge in [0.1, 0.15) is 0 Å². The molecule has 0 spiro atoms. The fourth-order valence-corrected chi connectivity index (χ4v) is 2.57. The number of thioether (sulfide) groups is 1. The van der Waals surface area contributed by atoms with Crippen LogP contribution < -0.4 is 0 Å². The van der Waals surface area contributed by atoms with Gasteiger partial charge in [-0.05, 0) is 31.5 Å². The van der Waals surface area contributed by atoms with Crippen LogP contribution in [0.3, 0.4) is 0 Å². The normalized spacial score (nSPS) is 10.8. The summed E-state index contributed by atoms with van der Waals surface area (Å²) in [6.07, 6.45) is 1.78. The highest BCUT2D eigenvalue weighted by molar-refractivity contribution is 7.98. The number of hydrogen-bond donors (Lipinski definition) is 0. The molecule has 0 aliphatic heterocycles. The van der Waals surface area contributed by atoms with E-state index in [4.69, 9.17) is 11.6 Å². The van der Waals surface area contributed by atoms with Gasteiger partial charge in [0.2, 0.25) is 5.28 Å². The second kappa shape index (κ2) is 5.06. The Balaban J connectivity index is 2.09. The first-order valence-corrected chi connectivity index (χ1v) is 6.54. The third kappa shape index (κ3) is 2.98. The Morgan fingerprint density at radius 1 is 1.29 bits per heavy atom. The van der Waals surface area contributed by atoms with E-state index in [1.165, 1.54) is 0 Å². The minimum Gasteiger partial charge on any atom is -0.321 e. The van der Waals surface area contributed by atoms with Gasteiger partial charge in [0.25, 0.3) is 0 Å². The Bertz CT molecular complexity index is 518. The van der Waals surface area contributed by atoms with Crippen LogP contribution in [0, 0.1) is 13.8 Å². The molecule has 4 nitrogen and oxygen atoms in total. The maximum Gasteiger partial charge on any atom is 0.202 e. The maximum absolute atomic E-state index is 5.87. The highest BCUT2D eigenvalue weighted by atomic mass is 35.5. The molecule has 0 aliphatic rings. The minimum atomic E-state index is 0.502. The standard InChI is InChI=1S/C11H13ClN4S/c1-7-4-8(2)15-11(14-7)17-6-9-5-13-10(12)16(9)3/h4-5H,6H2,1-3H3. The lowest BCUT2D eigenvalue weighted by atomic mass is 10.4. The third-order valence-corrected chi connectivity index (χ3v) is 3.57. The Hall–Kier alpha value is -1.07. The summed E-state index contributed by atoms with van der Waals surface area (Å²) in [5.74, 6) is 0.763. The van der Waals surface area contributed by atoms with Crippen molar-refractivity contribution < 1.29 is 0 Å². The first-order valence-electron chi connectivity index (χ1n) is 5.17. The topological polar surface area (TPSA) is 43.6 Å². The molecule has 0 amide bonds. The van der Waals surface area contributed by atoms with Crippen LogP contribution in [0.2, 0.25) is 5.28 Å². The minimum absolute atomic E-state index is 0.502. The van der Waals surface area contributed by atoms with Crippen molar-refractivity contribution in [2.45, 2.75) is 24.8 Å². The molecule has 0 saturated heterocycles. The lowest BCUT2D eigenvalue weighted by Gasteiger charge is -2.04. The van der Waals surface area contributed by atoms with E-state index in [9.17, 15) is 0 Å². The third-order valence-electron chi connectivity index (χ3n) is 2.34. The monoisotopic (exact) mass is 268 g/mol. The molecule has 90 valence electrons. The zero-order valence-corrected chi connectivity index (χ0v) is 11.5. The summed E-state index contributed by atoms with van der Waals surface area (Å²) in [4.78, 5) is 12.8. The van der Waals surface area contributed by atoms with Gasteiger partial charge in [-0.15, -0.1) is 0 Å². The molecule has 0 radical (unpaired) electrons. The fraction of sp³-hybridized carbons (Fsp3) is 0.364. The molecule has 2 heterocycles. The summed E-state index contributed by atoms with van der Waals surface area (Å²) in [5.41, 5.74) is 3.04. The summed E-state index contributed by atoms with van der Waals surface area (Å²) >= 11 is 7.46. The van der Waals surface area contributed by atoms with Gasteiger partial charge in [0, 0.05) is 29.9 Å². The summed E-state index contributed by atoms with van der Waals surface area (Å²) in [7, 11) is 1.90. The van der Waals surface area contributed by atoms with E-state index in [1.54, 1.807) is 18.0 Å². The van der Waals surface area contributed by atoms with Crippen molar-refractivity contribution in [2.24, 2.45) is 7.05 Å². The summed E-state index contributed by atoms with van der Waals surface area (Å²) < 4.78 is 1.86. The van der Waals surface area contributed by atoms with Gasteiger partial charge in [0.15, 0.2) is 5.16 Å². The maximum atomic E-state index is 5.87. The predicted octanol–water partition coefficient (Wildman–Crippen LogP) is 2.77. The molecular weight excluding hydrogens is 256 g/mol. The van der Waals surface area contributed by atoms with Gasteiger partial charge in [-0.3, -0.25) is 0 Å². The van der Waals surface area contributed by atoms with Crippen LogP contribution in [0.1, 0.15) is 17.1 Å². The predicted molar refractivity (Wildman–Crippen MR) is 69.3 cm³/mol. The summed E-state index contributed by atoms with van der Waals surface area (Å²) in [6, 6.07) is 1.96. The largest absolute Gasteiger partial charge is 0.321 e. The number of halogens is 1. The number of rotatable bonds is 3. The average molecular weight is 269 g/mol. The number of nitrogens with zero attached hydrogens (tertiary/aromatic N) is 4. The molecule has 0 fully saturated rings. The van der Waals surface area contributed by atoms with Crippen LogP contribution in [-0.4, -0.2) is 19.5 Å². The van der Waals surface area contributed by atoms with Crippen LogP contribution >= 0.6 is 23.4 Å². The zero-order valence-electron chi connectivity index (χ0n) is 9.94. The smallest absolute Gasteiger partial charge is 0.202 e. The van der Waals surface area contributed by atoms with Crippen molar-refractivity contribution in [2.75, 3.05) is 0 Å². The molecular formula is C11H13ClN4S. The van der Waals surface area contributed by atoms with E-state index in [0.717, 1.165) is 28.0 Å². The van der Waals surface area contributed by atoms with E-state index in [1.807, 2.05) is 31.5 Å². The van der Waals surface area contributed by atoms with E-state index in [-0.39, 0.29) is 0 Å². The van der Waals surface area contributed by atoms with Gasteiger partial charge < -0.3 is 4.57 Å². The van der Waals surface area contributed by atoms with Crippen LogP contribution in [0.4, 0.5) is 0 Å². The van der Waals surface area contributed by atoms with E-state index in [0.29, 0.717) is 5.28 Å². The number of aryl methyl sites for hydroxylation is 2. The zero-order chi connectivity index (χ0) is 12.4. The number of hydrogen-bond acceptors (Lipinski definition) is 4. The van der Waals surface area contributed by atoms with Gasteiger partial charge in [-0.25, -0.2) is 15.0 Å². The van der Waals surface area contributed by atoms with Gasteiger partial charge >= 0.3 is 0 Å². The van der Waals surface area contributed by atoms with Gasteiger partial charge in [-0.2, -0.15) is 0 Å². The second-order valence-corrected chi connectivity index (χ2v) is 5.08. The molecule has 0 atom stereocenters. The lowest BCUT2D eigenvalue weighted by Crippen LogP contribution is -1.96. The van der Waals surface area contributed by atoms with Gasteiger partial charge in [0.05, 0.1) is 6.20 Å². The Kier molecular flexibility index (Phi) is 3.69. The van der Waals surface area contributed by atoms with E-state index in [2.05, 4.69) is 15.0 Å². The van der Waals surface area contributed by atoms with Crippen molar-refractivity contribution in [3.63, 3.8) is 0 Å². The number of aromatic nitrogens is 4. The molecule has 0 aromatic carbocycles. The highest BCUT2D eigenvalue weighted by Gasteiger charge is 2.06. The molecule has 2 aromatic rings. The Morgan fingerprint density at radius 3 is 2.47 bits per heavy atom. The van der Waals surface area contributed by atoms with Crippen molar-refractivity contribution in [3.05, 3.63) is 34.6 Å². The van der Waals surface area contributed by atoms with E-state index < -0.39 is 0 Å². The fourth-order valence-electron chi connectivity index (χ4n) is 1.45.